The molecule has 1 heterocycles. The lowest BCUT2D eigenvalue weighted by atomic mass is 10.2. The average molecular weight is 212 g/mol. The van der Waals surface area contributed by atoms with E-state index in [9.17, 15) is 19.7 Å². The van der Waals surface area contributed by atoms with Gasteiger partial charge in [0.25, 0.3) is 5.56 Å². The molecule has 0 unspecified atom stereocenters. The molecule has 0 aromatic carbocycles. The molecule has 0 bridgehead atoms. The van der Waals surface area contributed by atoms with Gasteiger partial charge in [0.2, 0.25) is 5.69 Å². The van der Waals surface area contributed by atoms with E-state index in [1.807, 2.05) is 0 Å². The first-order chi connectivity index (χ1) is 6.97. The molecule has 0 amide bonds. The molecule has 7 heteroatoms. The fraction of sp³-hybridized carbons (Fsp3) is 0.250. The molecule has 0 saturated heterocycles. The molecule has 0 aliphatic carbocycles. The summed E-state index contributed by atoms with van der Waals surface area (Å²) in [5.74, 6) is -0.946. The predicted molar refractivity (Wildman–Crippen MR) is 49.8 cm³/mol. The van der Waals surface area contributed by atoms with Gasteiger partial charge in [-0.1, -0.05) is 0 Å². The van der Waals surface area contributed by atoms with Gasteiger partial charge in [-0.3, -0.25) is 14.9 Å². The van der Waals surface area contributed by atoms with E-state index < -0.39 is 27.8 Å². The number of nitrogens with one attached hydrogen (secondary N) is 1. The van der Waals surface area contributed by atoms with Crippen LogP contribution in [-0.2, 0) is 4.74 Å². The summed E-state index contributed by atoms with van der Waals surface area (Å²) in [6.45, 7) is 1.41. The van der Waals surface area contributed by atoms with Gasteiger partial charge in [0, 0.05) is 11.6 Å². The first kappa shape index (κ1) is 10.9. The van der Waals surface area contributed by atoms with Crippen molar-refractivity contribution in [3.05, 3.63) is 37.8 Å². The number of methoxy groups -OCH3 is 1. The Morgan fingerprint density at radius 1 is 1.60 bits per heavy atom. The number of aromatic nitrogens is 1. The Morgan fingerprint density at radius 3 is 2.67 bits per heavy atom. The maximum Gasteiger partial charge on any atom is 0.361 e. The van der Waals surface area contributed by atoms with Crippen molar-refractivity contribution in [2.24, 2.45) is 0 Å². The monoisotopic (exact) mass is 212 g/mol. The summed E-state index contributed by atoms with van der Waals surface area (Å²) < 4.78 is 4.31. The molecule has 0 aliphatic rings. The van der Waals surface area contributed by atoms with Crippen LogP contribution in [0.25, 0.3) is 0 Å². The van der Waals surface area contributed by atoms with Crippen LogP contribution < -0.4 is 5.56 Å². The van der Waals surface area contributed by atoms with E-state index in [0.29, 0.717) is 0 Å². The Kier molecular flexibility index (Phi) is 2.84. The van der Waals surface area contributed by atoms with E-state index in [0.717, 1.165) is 13.2 Å². The zero-order valence-corrected chi connectivity index (χ0v) is 8.07. The van der Waals surface area contributed by atoms with Crippen LogP contribution in [0.5, 0.6) is 0 Å². The summed E-state index contributed by atoms with van der Waals surface area (Å²) in [4.78, 5) is 34.2. The number of nitro groups is 1. The highest BCUT2D eigenvalue weighted by atomic mass is 16.6. The number of carbonyl (C=O) groups excluding carboxylic acids is 1. The van der Waals surface area contributed by atoms with Gasteiger partial charge in [-0.05, 0) is 6.92 Å². The van der Waals surface area contributed by atoms with Crippen LogP contribution in [0.2, 0.25) is 0 Å². The third-order valence-corrected chi connectivity index (χ3v) is 1.79. The van der Waals surface area contributed by atoms with Crippen LogP contribution in [-0.4, -0.2) is 23.0 Å². The molecule has 7 nitrogen and oxygen atoms in total. The van der Waals surface area contributed by atoms with Crippen molar-refractivity contribution in [2.75, 3.05) is 7.11 Å². The fourth-order valence-electron chi connectivity index (χ4n) is 1.02. The molecular weight excluding hydrogens is 204 g/mol. The Bertz CT molecular complexity index is 476. The first-order valence-electron chi connectivity index (χ1n) is 3.94. The third kappa shape index (κ3) is 2.01. The molecule has 0 saturated carbocycles. The first-order valence-corrected chi connectivity index (χ1v) is 3.94. The molecule has 15 heavy (non-hydrogen) atoms. The van der Waals surface area contributed by atoms with Gasteiger partial charge in [0.1, 0.15) is 0 Å². The predicted octanol–water partition coefficient (Wildman–Crippen LogP) is 0.378. The maximum absolute atomic E-state index is 11.1. The van der Waals surface area contributed by atoms with E-state index in [4.69, 9.17) is 0 Å². The summed E-state index contributed by atoms with van der Waals surface area (Å²) in [5, 5.41) is 10.6. The number of rotatable bonds is 2. The van der Waals surface area contributed by atoms with Gasteiger partial charge in [-0.2, -0.15) is 0 Å². The van der Waals surface area contributed by atoms with Crippen molar-refractivity contribution in [2.45, 2.75) is 6.92 Å². The Balaban J connectivity index is 3.48. The van der Waals surface area contributed by atoms with Gasteiger partial charge in [-0.15, -0.1) is 0 Å². The molecule has 1 aromatic heterocycles. The quantitative estimate of drug-likeness (QED) is 0.433. The number of aryl methyl sites for hydroxylation is 1. The lowest BCUT2D eigenvalue weighted by molar-refractivity contribution is -0.385. The molecule has 0 aliphatic heterocycles. The number of aromatic amines is 1. The van der Waals surface area contributed by atoms with E-state index >= 15 is 0 Å². The molecule has 0 atom stereocenters. The van der Waals surface area contributed by atoms with Crippen molar-refractivity contribution >= 4 is 11.7 Å². The lowest BCUT2D eigenvalue weighted by Crippen LogP contribution is -2.18. The molecule has 1 aromatic rings. The van der Waals surface area contributed by atoms with Gasteiger partial charge >= 0.3 is 11.7 Å². The van der Waals surface area contributed by atoms with Gasteiger partial charge in [0.05, 0.1) is 12.0 Å². The second-order valence-corrected chi connectivity index (χ2v) is 2.79. The summed E-state index contributed by atoms with van der Waals surface area (Å²) in [6.07, 6.45) is 0. The SMILES string of the molecule is COC(=O)c1[nH]c(=O)c(C)cc1[N+](=O)[O-]. The minimum Gasteiger partial charge on any atom is -0.464 e. The third-order valence-electron chi connectivity index (χ3n) is 1.79. The van der Waals surface area contributed by atoms with E-state index in [1.165, 1.54) is 6.92 Å². The van der Waals surface area contributed by atoms with Crippen LogP contribution in [0.3, 0.4) is 0 Å². The van der Waals surface area contributed by atoms with Crippen LogP contribution in [0.1, 0.15) is 16.1 Å². The van der Waals surface area contributed by atoms with Gasteiger partial charge < -0.3 is 9.72 Å². The normalized spacial score (nSPS) is 9.73. The highest BCUT2D eigenvalue weighted by Crippen LogP contribution is 2.15. The Labute approximate surface area is 83.8 Å². The van der Waals surface area contributed by atoms with E-state index in [-0.39, 0.29) is 5.56 Å². The number of hydrogen-bond donors (Lipinski definition) is 1. The average Bonchev–Trinajstić information content (AvgIpc) is 2.20. The van der Waals surface area contributed by atoms with Crippen LogP contribution in [0, 0.1) is 17.0 Å². The van der Waals surface area contributed by atoms with Gasteiger partial charge in [-0.25, -0.2) is 4.79 Å². The summed E-state index contributed by atoms with van der Waals surface area (Å²) >= 11 is 0. The molecule has 0 radical (unpaired) electrons. The minimum absolute atomic E-state index is 0.161. The van der Waals surface area contributed by atoms with Crippen molar-refractivity contribution in [3.63, 3.8) is 0 Å². The number of pyridine rings is 1. The van der Waals surface area contributed by atoms with Crippen molar-refractivity contribution in [1.29, 1.82) is 0 Å². The Hall–Kier alpha value is -2.18. The number of carbonyl (C=O) groups is 1. The standard InChI is InChI=1S/C8H8N2O5/c1-4-3-5(10(13)14)6(8(12)15-2)9-7(4)11/h3H,1-2H3,(H,9,11). The van der Waals surface area contributed by atoms with Crippen molar-refractivity contribution < 1.29 is 14.5 Å². The molecule has 0 spiro atoms. The Morgan fingerprint density at radius 2 is 2.20 bits per heavy atom. The summed E-state index contributed by atoms with van der Waals surface area (Å²) in [5.41, 5.74) is -1.31. The largest absolute Gasteiger partial charge is 0.464 e. The lowest BCUT2D eigenvalue weighted by Gasteiger charge is -2.01. The number of ether oxygens (including phenoxy) is 1. The second-order valence-electron chi connectivity index (χ2n) is 2.79. The smallest absolute Gasteiger partial charge is 0.361 e. The van der Waals surface area contributed by atoms with Crippen LogP contribution in [0.15, 0.2) is 10.9 Å². The summed E-state index contributed by atoms with van der Waals surface area (Å²) in [6, 6.07) is 1.03. The highest BCUT2D eigenvalue weighted by molar-refractivity contribution is 5.91. The van der Waals surface area contributed by atoms with Crippen LogP contribution >= 0.6 is 0 Å². The van der Waals surface area contributed by atoms with Crippen molar-refractivity contribution in [3.8, 4) is 0 Å². The topological polar surface area (TPSA) is 102 Å². The highest BCUT2D eigenvalue weighted by Gasteiger charge is 2.22. The number of nitrogens with zero attached hydrogens (tertiary/aromatic N) is 1. The van der Waals surface area contributed by atoms with E-state index in [2.05, 4.69) is 9.72 Å². The molecule has 1 N–H and O–H groups in total. The molecule has 1 rings (SSSR count). The van der Waals surface area contributed by atoms with E-state index in [1.54, 1.807) is 0 Å². The minimum atomic E-state index is -0.946. The molecular formula is C8H8N2O5. The molecule has 80 valence electrons. The van der Waals surface area contributed by atoms with Crippen molar-refractivity contribution in [1.82, 2.24) is 4.98 Å². The zero-order valence-electron chi connectivity index (χ0n) is 8.07. The molecule has 0 fully saturated rings. The van der Waals surface area contributed by atoms with Gasteiger partial charge in [0.15, 0.2) is 0 Å². The number of hydrogen-bond acceptors (Lipinski definition) is 5. The van der Waals surface area contributed by atoms with Crippen LogP contribution in [0.4, 0.5) is 5.69 Å². The maximum atomic E-state index is 11.1. The number of esters is 1. The second kappa shape index (κ2) is 3.91. The fourth-order valence-corrected chi connectivity index (χ4v) is 1.02. The number of H-pyrrole nitrogens is 1. The zero-order chi connectivity index (χ0) is 11.6. The summed E-state index contributed by atoms with van der Waals surface area (Å²) in [7, 11) is 1.07.